The lowest BCUT2D eigenvalue weighted by atomic mass is 10.0. The molecule has 0 aliphatic carbocycles. The molecule has 1 N–H and O–H groups in total. The SMILES string of the molecule is COc1ccc(CC(=O)O)cc1-c1cc(-c2ccc(F)cc2)n(Cc2ccccc2)n1. The molecule has 0 radical (unpaired) electrons. The molecule has 6 heteroatoms. The van der Waals surface area contributed by atoms with Crippen molar-refractivity contribution in [2.45, 2.75) is 13.0 Å². The molecule has 0 saturated carbocycles. The highest BCUT2D eigenvalue weighted by Gasteiger charge is 2.16. The van der Waals surface area contributed by atoms with Gasteiger partial charge >= 0.3 is 5.97 Å². The van der Waals surface area contributed by atoms with Gasteiger partial charge in [-0.1, -0.05) is 36.4 Å². The lowest BCUT2D eigenvalue weighted by Crippen LogP contribution is -2.04. The van der Waals surface area contributed by atoms with E-state index in [9.17, 15) is 9.18 Å². The quantitative estimate of drug-likeness (QED) is 0.458. The normalized spacial score (nSPS) is 10.8. The minimum Gasteiger partial charge on any atom is -0.496 e. The van der Waals surface area contributed by atoms with Crippen LogP contribution >= 0.6 is 0 Å². The molecule has 0 spiro atoms. The molecule has 0 atom stereocenters. The number of nitrogens with zero attached hydrogens (tertiary/aromatic N) is 2. The van der Waals surface area contributed by atoms with Crippen LogP contribution in [0.1, 0.15) is 11.1 Å². The van der Waals surface area contributed by atoms with Crippen LogP contribution in [0.3, 0.4) is 0 Å². The van der Waals surface area contributed by atoms with Crippen molar-refractivity contribution in [3.05, 3.63) is 95.8 Å². The monoisotopic (exact) mass is 416 g/mol. The molecule has 0 saturated heterocycles. The molecule has 5 nitrogen and oxygen atoms in total. The van der Waals surface area contributed by atoms with E-state index < -0.39 is 5.97 Å². The van der Waals surface area contributed by atoms with Crippen molar-refractivity contribution in [3.63, 3.8) is 0 Å². The van der Waals surface area contributed by atoms with E-state index in [1.807, 2.05) is 41.1 Å². The lowest BCUT2D eigenvalue weighted by molar-refractivity contribution is -0.136. The third kappa shape index (κ3) is 4.64. The third-order valence-corrected chi connectivity index (χ3v) is 4.99. The highest BCUT2D eigenvalue weighted by atomic mass is 19.1. The number of aliphatic carboxylic acids is 1. The number of rotatable bonds is 7. The van der Waals surface area contributed by atoms with E-state index in [1.165, 1.54) is 12.1 Å². The number of aromatic nitrogens is 2. The van der Waals surface area contributed by atoms with Gasteiger partial charge in [0.1, 0.15) is 11.6 Å². The molecule has 0 fully saturated rings. The van der Waals surface area contributed by atoms with Crippen molar-refractivity contribution in [3.8, 4) is 28.3 Å². The summed E-state index contributed by atoms with van der Waals surface area (Å²) in [7, 11) is 1.57. The maximum absolute atomic E-state index is 13.5. The number of carboxylic acid groups (broad SMARTS) is 1. The molecule has 0 bridgehead atoms. The van der Waals surface area contributed by atoms with Gasteiger partial charge in [-0.15, -0.1) is 0 Å². The van der Waals surface area contributed by atoms with Gasteiger partial charge in [-0.2, -0.15) is 5.10 Å². The van der Waals surface area contributed by atoms with Gasteiger partial charge in [-0.25, -0.2) is 4.39 Å². The van der Waals surface area contributed by atoms with Gasteiger partial charge in [-0.3, -0.25) is 9.48 Å². The van der Waals surface area contributed by atoms with Gasteiger partial charge in [0, 0.05) is 11.1 Å². The predicted molar refractivity (Wildman–Crippen MR) is 116 cm³/mol. The zero-order valence-corrected chi connectivity index (χ0v) is 17.0. The second-order valence-corrected chi connectivity index (χ2v) is 7.17. The van der Waals surface area contributed by atoms with Crippen LogP contribution in [-0.4, -0.2) is 28.0 Å². The van der Waals surface area contributed by atoms with E-state index in [2.05, 4.69) is 0 Å². The molecule has 4 rings (SSSR count). The summed E-state index contributed by atoms with van der Waals surface area (Å²) in [4.78, 5) is 11.2. The highest BCUT2D eigenvalue weighted by Crippen LogP contribution is 2.33. The van der Waals surface area contributed by atoms with Gasteiger partial charge in [0.2, 0.25) is 0 Å². The van der Waals surface area contributed by atoms with Crippen LogP contribution in [0.15, 0.2) is 78.9 Å². The first-order valence-corrected chi connectivity index (χ1v) is 9.80. The maximum Gasteiger partial charge on any atom is 0.307 e. The fraction of sp³-hybridized carbons (Fsp3) is 0.120. The fourth-order valence-corrected chi connectivity index (χ4v) is 3.52. The highest BCUT2D eigenvalue weighted by molar-refractivity contribution is 5.76. The first kappa shape index (κ1) is 20.3. The Morgan fingerprint density at radius 1 is 1.00 bits per heavy atom. The van der Waals surface area contributed by atoms with Crippen LogP contribution in [0.25, 0.3) is 22.5 Å². The smallest absolute Gasteiger partial charge is 0.307 e. The Morgan fingerprint density at radius 3 is 2.42 bits per heavy atom. The summed E-state index contributed by atoms with van der Waals surface area (Å²) in [5, 5.41) is 14.0. The summed E-state index contributed by atoms with van der Waals surface area (Å²) in [5.74, 6) is -0.608. The zero-order valence-electron chi connectivity index (χ0n) is 17.0. The molecule has 1 heterocycles. The molecule has 0 unspecified atom stereocenters. The topological polar surface area (TPSA) is 64.3 Å². The van der Waals surface area contributed by atoms with Crippen molar-refractivity contribution in [2.24, 2.45) is 0 Å². The van der Waals surface area contributed by atoms with Gasteiger partial charge in [0.05, 0.1) is 31.5 Å². The van der Waals surface area contributed by atoms with Gasteiger partial charge < -0.3 is 9.84 Å². The molecule has 0 amide bonds. The average Bonchev–Trinajstić information content (AvgIpc) is 3.18. The van der Waals surface area contributed by atoms with Crippen LogP contribution in [0.2, 0.25) is 0 Å². The number of carbonyl (C=O) groups is 1. The molecule has 31 heavy (non-hydrogen) atoms. The van der Waals surface area contributed by atoms with E-state index in [0.29, 0.717) is 29.1 Å². The Morgan fingerprint density at radius 2 is 1.74 bits per heavy atom. The molecule has 156 valence electrons. The van der Waals surface area contributed by atoms with Crippen LogP contribution in [0, 0.1) is 5.82 Å². The van der Waals surface area contributed by atoms with Crippen molar-refractivity contribution >= 4 is 5.97 Å². The van der Waals surface area contributed by atoms with E-state index in [-0.39, 0.29) is 12.2 Å². The number of hydrogen-bond acceptors (Lipinski definition) is 3. The maximum atomic E-state index is 13.5. The first-order chi connectivity index (χ1) is 15.0. The second kappa shape index (κ2) is 8.83. The second-order valence-electron chi connectivity index (χ2n) is 7.17. The Kier molecular flexibility index (Phi) is 5.80. The Bertz CT molecular complexity index is 1200. The molecule has 4 aromatic rings. The standard InChI is InChI=1S/C25H21FN2O3/c1-31-24-12-7-18(14-25(29)30)13-21(24)22-15-23(19-8-10-20(26)11-9-19)28(27-22)16-17-5-3-2-4-6-17/h2-13,15H,14,16H2,1H3,(H,29,30). The van der Waals surface area contributed by atoms with Crippen LogP contribution in [0.4, 0.5) is 4.39 Å². The number of carboxylic acids is 1. The summed E-state index contributed by atoms with van der Waals surface area (Å²) in [6, 6.07) is 23.4. The Balaban J connectivity index is 1.83. The summed E-state index contributed by atoms with van der Waals surface area (Å²) >= 11 is 0. The van der Waals surface area contributed by atoms with Crippen molar-refractivity contribution in [2.75, 3.05) is 7.11 Å². The van der Waals surface area contributed by atoms with E-state index >= 15 is 0 Å². The number of hydrogen-bond donors (Lipinski definition) is 1. The zero-order chi connectivity index (χ0) is 21.8. The fourth-order valence-electron chi connectivity index (χ4n) is 3.52. The number of halogens is 1. The van der Waals surface area contributed by atoms with Crippen LogP contribution < -0.4 is 4.74 Å². The van der Waals surface area contributed by atoms with Crippen molar-refractivity contribution in [1.82, 2.24) is 9.78 Å². The van der Waals surface area contributed by atoms with Crippen LogP contribution in [0.5, 0.6) is 5.75 Å². The summed E-state index contributed by atoms with van der Waals surface area (Å²) in [6.45, 7) is 0.532. The molecular weight excluding hydrogens is 395 g/mol. The third-order valence-electron chi connectivity index (χ3n) is 4.99. The minimum absolute atomic E-state index is 0.0907. The van der Waals surface area contributed by atoms with E-state index in [1.54, 1.807) is 37.4 Å². The molecule has 3 aromatic carbocycles. The summed E-state index contributed by atoms with van der Waals surface area (Å²) in [6.07, 6.45) is -0.0907. The Hall–Kier alpha value is -3.93. The molecule has 1 aromatic heterocycles. The van der Waals surface area contributed by atoms with Crippen molar-refractivity contribution < 1.29 is 19.0 Å². The number of methoxy groups -OCH3 is 1. The van der Waals surface area contributed by atoms with Gasteiger partial charge in [-0.05, 0) is 53.6 Å². The van der Waals surface area contributed by atoms with E-state index in [4.69, 9.17) is 14.9 Å². The first-order valence-electron chi connectivity index (χ1n) is 9.80. The summed E-state index contributed by atoms with van der Waals surface area (Å²) in [5.41, 5.74) is 4.74. The Labute approximate surface area is 179 Å². The largest absolute Gasteiger partial charge is 0.496 e. The van der Waals surface area contributed by atoms with Crippen LogP contribution in [-0.2, 0) is 17.8 Å². The van der Waals surface area contributed by atoms with Crippen molar-refractivity contribution in [1.29, 1.82) is 0 Å². The minimum atomic E-state index is -0.905. The molecule has 0 aliphatic heterocycles. The summed E-state index contributed by atoms with van der Waals surface area (Å²) < 4.78 is 20.8. The predicted octanol–water partition coefficient (Wildman–Crippen LogP) is 5.04. The van der Waals surface area contributed by atoms with Gasteiger partial charge in [0.15, 0.2) is 0 Å². The molecular formula is C25H21FN2O3. The molecule has 0 aliphatic rings. The van der Waals surface area contributed by atoms with Gasteiger partial charge in [0.25, 0.3) is 0 Å². The number of benzene rings is 3. The lowest BCUT2D eigenvalue weighted by Gasteiger charge is -2.09. The van der Waals surface area contributed by atoms with E-state index in [0.717, 1.165) is 16.8 Å². The number of ether oxygens (including phenoxy) is 1. The average molecular weight is 416 g/mol.